The maximum atomic E-state index is 13.9. The zero-order valence-electron chi connectivity index (χ0n) is 12.0. The van der Waals surface area contributed by atoms with Crippen LogP contribution in [-0.4, -0.2) is 17.1 Å². The van der Waals surface area contributed by atoms with E-state index in [1.165, 1.54) is 6.07 Å². The normalized spacial score (nSPS) is 10.5. The molecule has 0 atom stereocenters. The Morgan fingerprint density at radius 3 is 2.32 bits per heavy atom. The van der Waals surface area contributed by atoms with E-state index in [2.05, 4.69) is 9.97 Å². The number of anilines is 1. The minimum absolute atomic E-state index is 0.103. The molecule has 0 aliphatic heterocycles. The van der Waals surface area contributed by atoms with Gasteiger partial charge >= 0.3 is 0 Å². The zero-order valence-corrected chi connectivity index (χ0v) is 12.0. The third-order valence-corrected chi connectivity index (χ3v) is 3.28. The minimum Gasteiger partial charge on any atom is -0.497 e. The molecule has 0 radical (unpaired) electrons. The summed E-state index contributed by atoms with van der Waals surface area (Å²) in [6.45, 7) is 0. The SMILES string of the molecule is COc1ccc(-c2cc(-c3ccccc3F)nc(N)n2)cc1. The Labute approximate surface area is 127 Å². The van der Waals surface area contributed by atoms with Crippen LogP contribution in [0.2, 0.25) is 0 Å². The third kappa shape index (κ3) is 2.74. The maximum Gasteiger partial charge on any atom is 0.221 e. The van der Waals surface area contributed by atoms with E-state index in [4.69, 9.17) is 10.5 Å². The number of rotatable bonds is 3. The number of hydrogen-bond acceptors (Lipinski definition) is 4. The van der Waals surface area contributed by atoms with Crippen molar-refractivity contribution in [3.05, 3.63) is 60.4 Å². The van der Waals surface area contributed by atoms with Crippen LogP contribution in [0.1, 0.15) is 0 Å². The van der Waals surface area contributed by atoms with Gasteiger partial charge in [-0.05, 0) is 42.5 Å². The number of aromatic nitrogens is 2. The number of nitrogens with two attached hydrogens (primary N) is 1. The van der Waals surface area contributed by atoms with Crippen LogP contribution in [0, 0.1) is 5.82 Å². The Morgan fingerprint density at radius 1 is 0.955 bits per heavy atom. The highest BCUT2D eigenvalue weighted by Gasteiger charge is 2.10. The van der Waals surface area contributed by atoms with Crippen LogP contribution < -0.4 is 10.5 Å². The number of nitrogen functional groups attached to an aromatic ring is 1. The lowest BCUT2D eigenvalue weighted by atomic mass is 10.1. The summed E-state index contributed by atoms with van der Waals surface area (Å²) in [6, 6.07) is 15.5. The first-order valence-corrected chi connectivity index (χ1v) is 6.71. The molecule has 0 aliphatic carbocycles. The number of nitrogens with zero attached hydrogens (tertiary/aromatic N) is 2. The monoisotopic (exact) mass is 295 g/mol. The fourth-order valence-electron chi connectivity index (χ4n) is 2.18. The topological polar surface area (TPSA) is 61.0 Å². The Bertz CT molecular complexity index is 803. The fourth-order valence-corrected chi connectivity index (χ4v) is 2.18. The lowest BCUT2D eigenvalue weighted by Gasteiger charge is -2.08. The van der Waals surface area contributed by atoms with Crippen LogP contribution in [-0.2, 0) is 0 Å². The maximum absolute atomic E-state index is 13.9. The number of methoxy groups -OCH3 is 1. The van der Waals surface area contributed by atoms with E-state index in [0.29, 0.717) is 17.0 Å². The summed E-state index contributed by atoms with van der Waals surface area (Å²) in [5.74, 6) is 0.507. The van der Waals surface area contributed by atoms with Gasteiger partial charge < -0.3 is 10.5 Å². The van der Waals surface area contributed by atoms with Gasteiger partial charge in [-0.25, -0.2) is 14.4 Å². The highest BCUT2D eigenvalue weighted by Crippen LogP contribution is 2.27. The van der Waals surface area contributed by atoms with Gasteiger partial charge in [0.05, 0.1) is 18.5 Å². The zero-order chi connectivity index (χ0) is 15.5. The van der Waals surface area contributed by atoms with E-state index < -0.39 is 0 Å². The van der Waals surface area contributed by atoms with Crippen LogP contribution in [0.4, 0.5) is 10.3 Å². The third-order valence-electron chi connectivity index (χ3n) is 3.28. The molecule has 1 aromatic heterocycles. The van der Waals surface area contributed by atoms with Crippen molar-refractivity contribution in [1.82, 2.24) is 9.97 Å². The van der Waals surface area contributed by atoms with E-state index in [9.17, 15) is 4.39 Å². The standard InChI is InChI=1S/C17H14FN3O/c1-22-12-8-6-11(7-9-12)15-10-16(21-17(19)20-15)13-4-2-3-5-14(13)18/h2-10H,1H3,(H2,19,20,21). The van der Waals surface area contributed by atoms with Crippen molar-refractivity contribution in [2.24, 2.45) is 0 Å². The van der Waals surface area contributed by atoms with E-state index in [0.717, 1.165) is 11.3 Å². The molecule has 0 saturated heterocycles. The summed E-state index contributed by atoms with van der Waals surface area (Å²) in [5, 5.41) is 0. The fraction of sp³-hybridized carbons (Fsp3) is 0.0588. The Kier molecular flexibility index (Phi) is 3.70. The molecule has 1 heterocycles. The van der Waals surface area contributed by atoms with Gasteiger partial charge in [-0.3, -0.25) is 0 Å². The lowest BCUT2D eigenvalue weighted by molar-refractivity contribution is 0.415. The molecule has 0 saturated carbocycles. The van der Waals surface area contributed by atoms with Crippen LogP contribution in [0.5, 0.6) is 5.75 Å². The van der Waals surface area contributed by atoms with Crippen molar-refractivity contribution in [2.75, 3.05) is 12.8 Å². The summed E-state index contributed by atoms with van der Waals surface area (Å²) >= 11 is 0. The number of ether oxygens (including phenoxy) is 1. The predicted molar refractivity (Wildman–Crippen MR) is 83.8 cm³/mol. The average Bonchev–Trinajstić information content (AvgIpc) is 2.55. The summed E-state index contributed by atoms with van der Waals surface area (Å²) in [7, 11) is 1.61. The van der Waals surface area contributed by atoms with Crippen molar-refractivity contribution in [3.63, 3.8) is 0 Å². The van der Waals surface area contributed by atoms with Gasteiger partial charge in [0, 0.05) is 11.1 Å². The van der Waals surface area contributed by atoms with E-state index in [1.54, 1.807) is 31.4 Å². The van der Waals surface area contributed by atoms with Gasteiger partial charge in [-0.1, -0.05) is 12.1 Å². The summed E-state index contributed by atoms with van der Waals surface area (Å²) in [5.41, 5.74) is 8.11. The molecule has 3 rings (SSSR count). The number of halogens is 1. The quantitative estimate of drug-likeness (QED) is 0.803. The molecule has 0 fully saturated rings. The predicted octanol–water partition coefficient (Wildman–Crippen LogP) is 3.54. The molecule has 110 valence electrons. The molecular formula is C17H14FN3O. The van der Waals surface area contributed by atoms with Gasteiger partial charge in [-0.15, -0.1) is 0 Å². The second-order valence-electron chi connectivity index (χ2n) is 4.70. The molecule has 0 spiro atoms. The minimum atomic E-state index is -0.346. The molecule has 0 bridgehead atoms. The largest absolute Gasteiger partial charge is 0.497 e. The molecule has 2 aromatic carbocycles. The van der Waals surface area contributed by atoms with Gasteiger partial charge in [0.1, 0.15) is 11.6 Å². The van der Waals surface area contributed by atoms with Crippen molar-refractivity contribution in [1.29, 1.82) is 0 Å². The van der Waals surface area contributed by atoms with Crippen LogP contribution in [0.15, 0.2) is 54.6 Å². The van der Waals surface area contributed by atoms with E-state index in [1.807, 2.05) is 24.3 Å². The first kappa shape index (κ1) is 14.0. The number of benzene rings is 2. The van der Waals surface area contributed by atoms with Crippen LogP contribution >= 0.6 is 0 Å². The van der Waals surface area contributed by atoms with E-state index in [-0.39, 0.29) is 11.8 Å². The van der Waals surface area contributed by atoms with Gasteiger partial charge in [0.25, 0.3) is 0 Å². The van der Waals surface area contributed by atoms with Crippen LogP contribution in [0.3, 0.4) is 0 Å². The van der Waals surface area contributed by atoms with Gasteiger partial charge in [0.15, 0.2) is 0 Å². The van der Waals surface area contributed by atoms with Crippen molar-refractivity contribution >= 4 is 5.95 Å². The smallest absolute Gasteiger partial charge is 0.221 e. The average molecular weight is 295 g/mol. The molecule has 22 heavy (non-hydrogen) atoms. The Hall–Kier alpha value is -2.95. The Balaban J connectivity index is 2.08. The molecule has 3 aromatic rings. The van der Waals surface area contributed by atoms with Gasteiger partial charge in [-0.2, -0.15) is 0 Å². The van der Waals surface area contributed by atoms with Gasteiger partial charge in [0.2, 0.25) is 5.95 Å². The lowest BCUT2D eigenvalue weighted by Crippen LogP contribution is -1.99. The second kappa shape index (κ2) is 5.81. The molecule has 4 nitrogen and oxygen atoms in total. The van der Waals surface area contributed by atoms with Crippen LogP contribution in [0.25, 0.3) is 22.5 Å². The Morgan fingerprint density at radius 2 is 1.64 bits per heavy atom. The molecule has 0 aliphatic rings. The summed E-state index contributed by atoms with van der Waals surface area (Å²) < 4.78 is 19.1. The molecule has 0 amide bonds. The van der Waals surface area contributed by atoms with Crippen molar-refractivity contribution in [2.45, 2.75) is 0 Å². The first-order valence-electron chi connectivity index (χ1n) is 6.71. The summed E-state index contributed by atoms with van der Waals surface area (Å²) in [6.07, 6.45) is 0. The van der Waals surface area contributed by atoms with Crippen molar-refractivity contribution in [3.8, 4) is 28.3 Å². The molecule has 0 unspecified atom stereocenters. The first-order chi connectivity index (χ1) is 10.7. The molecular weight excluding hydrogens is 281 g/mol. The number of hydrogen-bond donors (Lipinski definition) is 1. The summed E-state index contributed by atoms with van der Waals surface area (Å²) in [4.78, 5) is 8.34. The highest BCUT2D eigenvalue weighted by atomic mass is 19.1. The molecule has 5 heteroatoms. The second-order valence-corrected chi connectivity index (χ2v) is 4.70. The van der Waals surface area contributed by atoms with E-state index >= 15 is 0 Å². The highest BCUT2D eigenvalue weighted by molar-refractivity contribution is 5.69. The molecule has 2 N–H and O–H groups in total. The van der Waals surface area contributed by atoms with Crippen molar-refractivity contribution < 1.29 is 9.13 Å².